The van der Waals surface area contributed by atoms with E-state index in [9.17, 15) is 13.2 Å². The summed E-state index contributed by atoms with van der Waals surface area (Å²) in [6, 6.07) is 21.4. The van der Waals surface area contributed by atoms with Gasteiger partial charge in [0.1, 0.15) is 5.15 Å². The number of hydrogen-bond donors (Lipinski definition) is 2. The fourth-order valence-electron chi connectivity index (χ4n) is 3.17. The quantitative estimate of drug-likeness (QED) is 0.259. The molecule has 178 valence electrons. The second-order valence-electron chi connectivity index (χ2n) is 7.35. The van der Waals surface area contributed by atoms with Crippen molar-refractivity contribution in [3.63, 3.8) is 0 Å². The average Bonchev–Trinajstić information content (AvgIpc) is 3.14. The second kappa shape index (κ2) is 10.3. The zero-order chi connectivity index (χ0) is 25.0. The van der Waals surface area contributed by atoms with Gasteiger partial charge in [-0.25, -0.2) is 18.5 Å². The van der Waals surface area contributed by atoms with Crippen LogP contribution in [-0.2, 0) is 10.0 Å². The number of nitrogens with one attached hydrogen (secondary N) is 2. The van der Waals surface area contributed by atoms with E-state index in [0.717, 1.165) is 5.69 Å². The summed E-state index contributed by atoms with van der Waals surface area (Å²) in [6.45, 7) is 1.77. The minimum absolute atomic E-state index is 0.0999. The first-order valence-electron chi connectivity index (χ1n) is 10.3. The summed E-state index contributed by atoms with van der Waals surface area (Å²) in [7, 11) is -3.97. The van der Waals surface area contributed by atoms with E-state index in [0.29, 0.717) is 16.4 Å². The Bertz CT molecular complexity index is 1520. The van der Waals surface area contributed by atoms with Crippen molar-refractivity contribution in [1.29, 1.82) is 0 Å². The van der Waals surface area contributed by atoms with Gasteiger partial charge in [-0.05, 0) is 49.4 Å². The third-order valence-electron chi connectivity index (χ3n) is 4.93. The largest absolute Gasteiger partial charge is 0.278 e. The van der Waals surface area contributed by atoms with Gasteiger partial charge in [-0.2, -0.15) is 10.2 Å². The Morgan fingerprint density at radius 2 is 1.71 bits per heavy atom. The van der Waals surface area contributed by atoms with E-state index in [1.54, 1.807) is 29.8 Å². The van der Waals surface area contributed by atoms with Crippen molar-refractivity contribution in [2.24, 2.45) is 5.10 Å². The summed E-state index contributed by atoms with van der Waals surface area (Å²) in [5, 5.41) is 8.98. The molecule has 0 radical (unpaired) electrons. The number of carbonyl (C=O) groups excluding carboxylic acids is 1. The molecule has 1 aromatic heterocycles. The Morgan fingerprint density at radius 1 is 1.00 bits per heavy atom. The number of aromatic nitrogens is 2. The molecule has 1 heterocycles. The molecule has 35 heavy (non-hydrogen) atoms. The van der Waals surface area contributed by atoms with Crippen LogP contribution in [0.4, 0.5) is 5.69 Å². The lowest BCUT2D eigenvalue weighted by atomic mass is 10.2. The van der Waals surface area contributed by atoms with Crippen LogP contribution < -0.4 is 10.1 Å². The second-order valence-corrected chi connectivity index (χ2v) is 9.80. The first-order valence-corrected chi connectivity index (χ1v) is 12.5. The smallest absolute Gasteiger partial charge is 0.271 e. The van der Waals surface area contributed by atoms with Crippen LogP contribution in [0.2, 0.25) is 10.2 Å². The molecular formula is C24H19Cl2N5O3S. The molecule has 11 heteroatoms. The summed E-state index contributed by atoms with van der Waals surface area (Å²) >= 11 is 12.5. The van der Waals surface area contributed by atoms with E-state index in [1.807, 2.05) is 30.3 Å². The minimum atomic E-state index is -3.97. The highest BCUT2D eigenvalue weighted by Crippen LogP contribution is 2.24. The molecule has 0 aliphatic carbocycles. The first kappa shape index (κ1) is 24.5. The predicted molar refractivity (Wildman–Crippen MR) is 137 cm³/mol. The highest BCUT2D eigenvalue weighted by molar-refractivity contribution is 7.92. The van der Waals surface area contributed by atoms with Crippen molar-refractivity contribution >= 4 is 51.0 Å². The summed E-state index contributed by atoms with van der Waals surface area (Å²) in [5.41, 5.74) is 4.67. The van der Waals surface area contributed by atoms with Crippen LogP contribution in [0.25, 0.3) is 5.69 Å². The third kappa shape index (κ3) is 5.54. The number of carbonyl (C=O) groups is 1. The number of aryl methyl sites for hydroxylation is 1. The highest BCUT2D eigenvalue weighted by Gasteiger charge is 2.18. The molecule has 1 amide bonds. The normalized spacial score (nSPS) is 11.5. The van der Waals surface area contributed by atoms with Gasteiger partial charge in [0.2, 0.25) is 0 Å². The van der Waals surface area contributed by atoms with Crippen LogP contribution in [0.5, 0.6) is 0 Å². The van der Waals surface area contributed by atoms with Crippen molar-refractivity contribution < 1.29 is 13.2 Å². The van der Waals surface area contributed by atoms with E-state index in [-0.39, 0.29) is 21.2 Å². The molecule has 0 spiro atoms. The molecule has 8 nitrogen and oxygen atoms in total. The van der Waals surface area contributed by atoms with Gasteiger partial charge in [0.05, 0.1) is 38.8 Å². The monoisotopic (exact) mass is 527 g/mol. The number of rotatable bonds is 7. The maximum absolute atomic E-state index is 12.8. The number of halogens is 2. The van der Waals surface area contributed by atoms with Crippen LogP contribution in [0, 0.1) is 6.92 Å². The average molecular weight is 528 g/mol. The zero-order valence-corrected chi connectivity index (χ0v) is 20.6. The SMILES string of the molecule is Cc1nn(-c2ccccc2)c(Cl)c1C=NNC(=O)c1cccc(S(=O)(=O)Nc2ccccc2Cl)c1. The Balaban J connectivity index is 1.49. The molecule has 4 aromatic rings. The van der Waals surface area contributed by atoms with Gasteiger partial charge < -0.3 is 0 Å². The van der Waals surface area contributed by atoms with Gasteiger partial charge in [-0.1, -0.05) is 59.6 Å². The topological polar surface area (TPSA) is 105 Å². The number of amides is 1. The van der Waals surface area contributed by atoms with Crippen molar-refractivity contribution in [2.75, 3.05) is 4.72 Å². The van der Waals surface area contributed by atoms with Crippen molar-refractivity contribution in [3.8, 4) is 5.69 Å². The lowest BCUT2D eigenvalue weighted by Crippen LogP contribution is -2.19. The number of para-hydroxylation sites is 2. The van der Waals surface area contributed by atoms with E-state index in [4.69, 9.17) is 23.2 Å². The highest BCUT2D eigenvalue weighted by atomic mass is 35.5. The van der Waals surface area contributed by atoms with E-state index in [2.05, 4.69) is 20.3 Å². The predicted octanol–water partition coefficient (Wildman–Crippen LogP) is 5.05. The number of sulfonamides is 1. The van der Waals surface area contributed by atoms with Crippen molar-refractivity contribution in [2.45, 2.75) is 11.8 Å². The molecule has 0 atom stereocenters. The van der Waals surface area contributed by atoms with Gasteiger partial charge in [-0.3, -0.25) is 9.52 Å². The Kier molecular flexibility index (Phi) is 7.20. The molecule has 0 aliphatic rings. The van der Waals surface area contributed by atoms with Crippen LogP contribution in [0.1, 0.15) is 21.6 Å². The molecule has 0 bridgehead atoms. The number of benzene rings is 3. The van der Waals surface area contributed by atoms with Crippen LogP contribution in [0.3, 0.4) is 0 Å². The maximum atomic E-state index is 12.8. The molecule has 4 rings (SSSR count). The van der Waals surface area contributed by atoms with Crippen molar-refractivity contribution in [1.82, 2.24) is 15.2 Å². The van der Waals surface area contributed by atoms with E-state index in [1.165, 1.54) is 36.5 Å². The molecule has 0 unspecified atom stereocenters. The van der Waals surface area contributed by atoms with E-state index >= 15 is 0 Å². The summed E-state index contributed by atoms with van der Waals surface area (Å²) in [5.74, 6) is -0.597. The molecule has 0 fully saturated rings. The number of hydrogen-bond acceptors (Lipinski definition) is 5. The summed E-state index contributed by atoms with van der Waals surface area (Å²) in [6.07, 6.45) is 1.39. The van der Waals surface area contributed by atoms with Crippen LogP contribution >= 0.6 is 23.2 Å². The lowest BCUT2D eigenvalue weighted by Gasteiger charge is -2.10. The Hall–Kier alpha value is -3.66. The number of hydrazone groups is 1. The van der Waals surface area contributed by atoms with Crippen molar-refractivity contribution in [3.05, 3.63) is 106 Å². The first-order chi connectivity index (χ1) is 16.8. The van der Waals surface area contributed by atoms with Gasteiger partial charge in [-0.15, -0.1) is 0 Å². The van der Waals surface area contributed by atoms with Crippen LogP contribution in [0.15, 0.2) is 88.9 Å². The molecule has 0 saturated heterocycles. The van der Waals surface area contributed by atoms with Crippen LogP contribution in [-0.4, -0.2) is 30.3 Å². The minimum Gasteiger partial charge on any atom is -0.278 e. The third-order valence-corrected chi connectivity index (χ3v) is 6.99. The fourth-order valence-corrected chi connectivity index (χ4v) is 4.86. The molecule has 0 aliphatic heterocycles. The zero-order valence-electron chi connectivity index (χ0n) is 18.3. The summed E-state index contributed by atoms with van der Waals surface area (Å²) < 4.78 is 29.5. The number of anilines is 1. The number of nitrogens with zero attached hydrogens (tertiary/aromatic N) is 3. The molecule has 0 saturated carbocycles. The Labute approximate surface area is 212 Å². The van der Waals surface area contributed by atoms with Gasteiger partial charge in [0.15, 0.2) is 0 Å². The maximum Gasteiger partial charge on any atom is 0.271 e. The van der Waals surface area contributed by atoms with Gasteiger partial charge in [0.25, 0.3) is 15.9 Å². The Morgan fingerprint density at radius 3 is 2.46 bits per heavy atom. The van der Waals surface area contributed by atoms with Gasteiger partial charge in [0, 0.05) is 5.56 Å². The molecule has 3 aromatic carbocycles. The fraction of sp³-hybridized carbons (Fsp3) is 0.0417. The van der Waals surface area contributed by atoms with E-state index < -0.39 is 15.9 Å². The molecular weight excluding hydrogens is 509 g/mol. The lowest BCUT2D eigenvalue weighted by molar-refractivity contribution is 0.0955. The molecule has 2 N–H and O–H groups in total. The standard InChI is InChI=1S/C24H19Cl2N5O3S/c1-16-20(23(26)31(29-16)18-9-3-2-4-10-18)15-27-28-24(32)17-8-7-11-19(14-17)35(33,34)30-22-13-6-5-12-21(22)25/h2-15,30H,1H3,(H,28,32). The summed E-state index contributed by atoms with van der Waals surface area (Å²) in [4.78, 5) is 12.5. The van der Waals surface area contributed by atoms with Gasteiger partial charge >= 0.3 is 0 Å².